The molecule has 7 heteroatoms. The quantitative estimate of drug-likeness (QED) is 0.832. The van der Waals surface area contributed by atoms with Crippen molar-refractivity contribution in [3.63, 3.8) is 0 Å². The summed E-state index contributed by atoms with van der Waals surface area (Å²) in [7, 11) is 1.73. The molecule has 0 radical (unpaired) electrons. The van der Waals surface area contributed by atoms with Crippen LogP contribution in [0.5, 0.6) is 0 Å². The highest BCUT2D eigenvalue weighted by Crippen LogP contribution is 2.19. The van der Waals surface area contributed by atoms with Crippen LogP contribution in [0.1, 0.15) is 18.1 Å². The Morgan fingerprint density at radius 3 is 2.71 bits per heavy atom. The molecule has 0 saturated carbocycles. The number of benzene rings is 1. The van der Waals surface area contributed by atoms with Gasteiger partial charge in [-0.05, 0) is 31.2 Å². The summed E-state index contributed by atoms with van der Waals surface area (Å²) in [5.74, 6) is 1.78. The second-order valence-electron chi connectivity index (χ2n) is 4.64. The molecular formula is C14H17FN4OS. The van der Waals surface area contributed by atoms with Crippen LogP contribution in [0.4, 0.5) is 4.39 Å². The summed E-state index contributed by atoms with van der Waals surface area (Å²) in [6, 6.07) is 6.26. The minimum Gasteiger partial charge on any atom is -0.338 e. The highest BCUT2D eigenvalue weighted by atomic mass is 32.2. The summed E-state index contributed by atoms with van der Waals surface area (Å²) in [4.78, 5) is 18.7. The molecule has 1 heterocycles. The molecule has 0 bridgehead atoms. The molecule has 0 aliphatic carbocycles. The molecule has 5 nitrogen and oxygen atoms in total. The molecular weight excluding hydrogens is 291 g/mol. The third kappa shape index (κ3) is 4.86. The third-order valence-corrected chi connectivity index (χ3v) is 3.86. The lowest BCUT2D eigenvalue weighted by molar-refractivity contribution is -0.130. The van der Waals surface area contributed by atoms with Gasteiger partial charge in [-0.3, -0.25) is 9.89 Å². The van der Waals surface area contributed by atoms with Gasteiger partial charge in [0.15, 0.2) is 5.82 Å². The number of amides is 1. The summed E-state index contributed by atoms with van der Waals surface area (Å²) < 4.78 is 12.8. The average Bonchev–Trinajstić information content (AvgIpc) is 2.86. The Labute approximate surface area is 127 Å². The minimum atomic E-state index is -0.253. The fourth-order valence-corrected chi connectivity index (χ4v) is 2.58. The van der Waals surface area contributed by atoms with Crippen LogP contribution < -0.4 is 0 Å². The van der Waals surface area contributed by atoms with E-state index in [0.717, 1.165) is 10.7 Å². The fraction of sp³-hybridized carbons (Fsp3) is 0.357. The Morgan fingerprint density at radius 2 is 2.10 bits per heavy atom. The lowest BCUT2D eigenvalue weighted by Gasteiger charge is -2.14. The molecule has 1 N–H and O–H groups in total. The van der Waals surface area contributed by atoms with E-state index in [-0.39, 0.29) is 11.7 Å². The highest BCUT2D eigenvalue weighted by Gasteiger charge is 2.11. The standard InChI is InChI=1S/C14H17FN4OS/c1-10-16-13(18-17-10)9-19(2)14(20)7-8-21-12-5-3-11(15)4-6-12/h3-6H,7-9H2,1-2H3,(H,16,17,18). The van der Waals surface area contributed by atoms with Gasteiger partial charge in [0.05, 0.1) is 6.54 Å². The molecule has 0 aliphatic heterocycles. The summed E-state index contributed by atoms with van der Waals surface area (Å²) in [5, 5.41) is 6.75. The van der Waals surface area contributed by atoms with Gasteiger partial charge in [0, 0.05) is 24.1 Å². The molecule has 0 saturated heterocycles. The average molecular weight is 308 g/mol. The molecule has 1 amide bonds. The van der Waals surface area contributed by atoms with Crippen molar-refractivity contribution in [3.8, 4) is 0 Å². The van der Waals surface area contributed by atoms with Gasteiger partial charge in [0.25, 0.3) is 0 Å². The molecule has 1 aromatic heterocycles. The Bertz CT molecular complexity index is 599. The number of carbonyl (C=O) groups is 1. The van der Waals surface area contributed by atoms with Gasteiger partial charge in [-0.15, -0.1) is 11.8 Å². The maximum absolute atomic E-state index is 12.8. The first kappa shape index (κ1) is 15.5. The van der Waals surface area contributed by atoms with Crippen molar-refractivity contribution in [1.82, 2.24) is 20.1 Å². The van der Waals surface area contributed by atoms with E-state index in [0.29, 0.717) is 24.5 Å². The van der Waals surface area contributed by atoms with Gasteiger partial charge < -0.3 is 4.90 Å². The Kier molecular flexibility index (Phi) is 5.32. The van der Waals surface area contributed by atoms with Crippen molar-refractivity contribution in [2.24, 2.45) is 0 Å². The maximum atomic E-state index is 12.8. The van der Waals surface area contributed by atoms with Crippen molar-refractivity contribution < 1.29 is 9.18 Å². The van der Waals surface area contributed by atoms with Gasteiger partial charge in [0.2, 0.25) is 5.91 Å². The van der Waals surface area contributed by atoms with Crippen LogP contribution in [-0.4, -0.2) is 38.8 Å². The van der Waals surface area contributed by atoms with E-state index in [1.54, 1.807) is 24.1 Å². The second kappa shape index (κ2) is 7.21. The molecule has 2 aromatic rings. The van der Waals surface area contributed by atoms with Crippen LogP contribution in [0.2, 0.25) is 0 Å². The zero-order chi connectivity index (χ0) is 15.2. The van der Waals surface area contributed by atoms with Crippen LogP contribution in [-0.2, 0) is 11.3 Å². The van der Waals surface area contributed by atoms with Gasteiger partial charge in [-0.1, -0.05) is 0 Å². The van der Waals surface area contributed by atoms with Crippen molar-refractivity contribution in [2.75, 3.05) is 12.8 Å². The monoisotopic (exact) mass is 308 g/mol. The molecule has 21 heavy (non-hydrogen) atoms. The number of nitrogens with one attached hydrogen (secondary N) is 1. The summed E-state index contributed by atoms with van der Waals surface area (Å²) in [6.45, 7) is 2.21. The number of hydrogen-bond acceptors (Lipinski definition) is 4. The first-order valence-corrected chi connectivity index (χ1v) is 7.53. The topological polar surface area (TPSA) is 61.9 Å². The van der Waals surface area contributed by atoms with Gasteiger partial charge in [-0.2, -0.15) is 5.10 Å². The Morgan fingerprint density at radius 1 is 1.38 bits per heavy atom. The molecule has 112 valence electrons. The number of hydrogen-bond donors (Lipinski definition) is 1. The minimum absolute atomic E-state index is 0.0343. The Hall–Kier alpha value is -1.89. The first-order chi connectivity index (χ1) is 10.0. The van der Waals surface area contributed by atoms with Gasteiger partial charge in [0.1, 0.15) is 11.6 Å². The van der Waals surface area contributed by atoms with Crippen molar-refractivity contribution in [2.45, 2.75) is 24.8 Å². The Balaban J connectivity index is 1.74. The van der Waals surface area contributed by atoms with E-state index in [4.69, 9.17) is 0 Å². The van der Waals surface area contributed by atoms with Gasteiger partial charge in [-0.25, -0.2) is 9.37 Å². The normalized spacial score (nSPS) is 10.6. The number of rotatable bonds is 6. The highest BCUT2D eigenvalue weighted by molar-refractivity contribution is 7.99. The van der Waals surface area contributed by atoms with E-state index in [1.165, 1.54) is 23.9 Å². The van der Waals surface area contributed by atoms with E-state index < -0.39 is 0 Å². The second-order valence-corrected chi connectivity index (χ2v) is 5.81. The molecule has 2 rings (SSSR count). The predicted molar refractivity (Wildman–Crippen MR) is 79.3 cm³/mol. The molecule has 0 atom stereocenters. The number of aromatic nitrogens is 3. The van der Waals surface area contributed by atoms with E-state index in [1.807, 2.05) is 6.92 Å². The number of thioether (sulfide) groups is 1. The van der Waals surface area contributed by atoms with Crippen LogP contribution in [0.25, 0.3) is 0 Å². The van der Waals surface area contributed by atoms with Crippen LogP contribution in [0.15, 0.2) is 29.2 Å². The van der Waals surface area contributed by atoms with E-state index in [9.17, 15) is 9.18 Å². The molecule has 0 unspecified atom stereocenters. The number of halogens is 1. The van der Waals surface area contributed by atoms with Crippen molar-refractivity contribution in [1.29, 1.82) is 0 Å². The SMILES string of the molecule is Cc1nc(CN(C)C(=O)CCSc2ccc(F)cc2)n[nH]1. The van der Waals surface area contributed by atoms with Crippen molar-refractivity contribution >= 4 is 17.7 Å². The number of H-pyrrole nitrogens is 1. The lowest BCUT2D eigenvalue weighted by atomic mass is 10.3. The van der Waals surface area contributed by atoms with E-state index in [2.05, 4.69) is 15.2 Å². The number of carbonyl (C=O) groups excluding carboxylic acids is 1. The fourth-order valence-electron chi connectivity index (χ4n) is 1.74. The molecule has 0 aliphatic rings. The zero-order valence-electron chi connectivity index (χ0n) is 12.0. The largest absolute Gasteiger partial charge is 0.338 e. The van der Waals surface area contributed by atoms with Gasteiger partial charge >= 0.3 is 0 Å². The zero-order valence-corrected chi connectivity index (χ0v) is 12.8. The van der Waals surface area contributed by atoms with E-state index >= 15 is 0 Å². The van der Waals surface area contributed by atoms with Crippen LogP contribution >= 0.6 is 11.8 Å². The summed E-state index contributed by atoms with van der Waals surface area (Å²) >= 11 is 1.53. The predicted octanol–water partition coefficient (Wildman–Crippen LogP) is 2.39. The molecule has 0 fully saturated rings. The van der Waals surface area contributed by atoms with Crippen LogP contribution in [0.3, 0.4) is 0 Å². The number of nitrogens with zero attached hydrogens (tertiary/aromatic N) is 3. The summed E-state index contributed by atoms with van der Waals surface area (Å²) in [6.07, 6.45) is 0.419. The molecule has 0 spiro atoms. The first-order valence-electron chi connectivity index (χ1n) is 6.55. The number of aryl methyl sites for hydroxylation is 1. The molecule has 1 aromatic carbocycles. The number of aromatic amines is 1. The smallest absolute Gasteiger partial charge is 0.223 e. The van der Waals surface area contributed by atoms with Crippen LogP contribution in [0, 0.1) is 12.7 Å². The van der Waals surface area contributed by atoms with Crippen molar-refractivity contribution in [3.05, 3.63) is 41.7 Å². The lowest BCUT2D eigenvalue weighted by Crippen LogP contribution is -2.26. The third-order valence-electron chi connectivity index (χ3n) is 2.85. The summed E-state index contributed by atoms with van der Waals surface area (Å²) in [5.41, 5.74) is 0. The maximum Gasteiger partial charge on any atom is 0.223 e.